The molecule has 0 bridgehead atoms. The summed E-state index contributed by atoms with van der Waals surface area (Å²) < 4.78 is 16.1. The van der Waals surface area contributed by atoms with Gasteiger partial charge in [-0.25, -0.2) is 9.59 Å². The van der Waals surface area contributed by atoms with Crippen molar-refractivity contribution in [2.24, 2.45) is 11.1 Å². The molecule has 2 aliphatic rings. The predicted octanol–water partition coefficient (Wildman–Crippen LogP) is 4.14. The van der Waals surface area contributed by atoms with E-state index in [0.29, 0.717) is 35.3 Å². The lowest BCUT2D eigenvalue weighted by molar-refractivity contribution is -0.136. The van der Waals surface area contributed by atoms with Gasteiger partial charge >= 0.3 is 11.9 Å². The number of carbonyl (C=O) groups is 3. The molecule has 7 nitrogen and oxygen atoms in total. The van der Waals surface area contributed by atoms with Crippen molar-refractivity contribution in [1.82, 2.24) is 0 Å². The zero-order valence-corrected chi connectivity index (χ0v) is 19.4. The van der Waals surface area contributed by atoms with Crippen molar-refractivity contribution in [3.63, 3.8) is 0 Å². The number of allylic oxidation sites excluding steroid dienone is 2. The number of ether oxygens (including phenoxy) is 3. The lowest BCUT2D eigenvalue weighted by Gasteiger charge is -2.37. The summed E-state index contributed by atoms with van der Waals surface area (Å²) in [6.07, 6.45) is 0.841. The van der Waals surface area contributed by atoms with Gasteiger partial charge in [0.2, 0.25) is 5.88 Å². The Balaban J connectivity index is 1.65. The molecule has 0 saturated heterocycles. The monoisotopic (exact) mass is 461 g/mol. The number of benzene rings is 2. The van der Waals surface area contributed by atoms with Crippen molar-refractivity contribution in [2.75, 3.05) is 7.11 Å². The van der Waals surface area contributed by atoms with Gasteiger partial charge in [0, 0.05) is 18.4 Å². The summed E-state index contributed by atoms with van der Waals surface area (Å²) in [5.41, 5.74) is 8.21. The molecule has 0 unspecified atom stereocenters. The number of carbonyl (C=O) groups excluding carboxylic acids is 3. The summed E-state index contributed by atoms with van der Waals surface area (Å²) in [4.78, 5) is 38.3. The molecule has 2 N–H and O–H groups in total. The van der Waals surface area contributed by atoms with E-state index in [-0.39, 0.29) is 29.3 Å². The molecule has 0 amide bonds. The molecule has 0 aromatic heterocycles. The zero-order valence-electron chi connectivity index (χ0n) is 19.4. The first-order valence-corrected chi connectivity index (χ1v) is 11.0. The van der Waals surface area contributed by atoms with Gasteiger partial charge in [-0.15, -0.1) is 0 Å². The Labute approximate surface area is 198 Å². The van der Waals surface area contributed by atoms with Crippen molar-refractivity contribution in [3.05, 3.63) is 94.1 Å². The van der Waals surface area contributed by atoms with E-state index in [1.807, 2.05) is 44.2 Å². The molecule has 0 fully saturated rings. The average molecular weight is 462 g/mol. The molecule has 7 heteroatoms. The lowest BCUT2D eigenvalue weighted by atomic mass is 9.70. The van der Waals surface area contributed by atoms with E-state index in [9.17, 15) is 14.4 Å². The van der Waals surface area contributed by atoms with Gasteiger partial charge in [0.25, 0.3) is 0 Å². The van der Waals surface area contributed by atoms with Crippen LogP contribution in [0.1, 0.15) is 54.1 Å². The third-order valence-electron chi connectivity index (χ3n) is 6.05. The topological polar surface area (TPSA) is 105 Å². The molecule has 1 aliphatic carbocycles. The second kappa shape index (κ2) is 9.17. The van der Waals surface area contributed by atoms with E-state index in [2.05, 4.69) is 0 Å². The van der Waals surface area contributed by atoms with Crippen molar-refractivity contribution < 1.29 is 28.6 Å². The van der Waals surface area contributed by atoms with E-state index >= 15 is 0 Å². The third-order valence-corrected chi connectivity index (χ3v) is 6.05. The fourth-order valence-corrected chi connectivity index (χ4v) is 4.44. The number of esters is 2. The molecule has 2 aromatic rings. The number of methoxy groups -OCH3 is 1. The quantitative estimate of drug-likeness (QED) is 0.667. The molecular formula is C27H27NO6. The second-order valence-corrected chi connectivity index (χ2v) is 9.27. The number of Topliss-reactive ketones (excluding diaryl/α,β-unsaturated/α-hetero) is 1. The van der Waals surface area contributed by atoms with Crippen molar-refractivity contribution in [3.8, 4) is 0 Å². The molecule has 0 radical (unpaired) electrons. The van der Waals surface area contributed by atoms with Crippen LogP contribution in [0.25, 0.3) is 0 Å². The number of nitrogens with two attached hydrogens (primary N) is 1. The Morgan fingerprint density at radius 3 is 2.35 bits per heavy atom. The van der Waals surface area contributed by atoms with Gasteiger partial charge in [0.1, 0.15) is 17.9 Å². The molecule has 0 spiro atoms. The standard InChI is InChI=1S/C27H27NO6/c1-27(2)13-19(29)22-20(14-27)34-24(28)23(26(31)32-3)21(22)17-9-11-18(12-10-17)25(30)33-15-16-7-5-4-6-8-16/h4-12,21H,13-15,28H2,1-3H3/t21-/m1/s1. The summed E-state index contributed by atoms with van der Waals surface area (Å²) in [6.45, 7) is 4.13. The molecule has 1 aliphatic heterocycles. The van der Waals surface area contributed by atoms with Crippen molar-refractivity contribution >= 4 is 17.7 Å². The first kappa shape index (κ1) is 23.3. The molecule has 176 valence electrons. The highest BCUT2D eigenvalue weighted by molar-refractivity contribution is 6.03. The van der Waals surface area contributed by atoms with Crippen LogP contribution in [0.15, 0.2) is 77.4 Å². The van der Waals surface area contributed by atoms with Crippen LogP contribution in [-0.4, -0.2) is 24.8 Å². The highest BCUT2D eigenvalue weighted by Crippen LogP contribution is 2.48. The van der Waals surface area contributed by atoms with Crippen LogP contribution >= 0.6 is 0 Å². The Morgan fingerprint density at radius 1 is 1.03 bits per heavy atom. The largest absolute Gasteiger partial charge is 0.465 e. The zero-order chi connectivity index (χ0) is 24.5. The van der Waals surface area contributed by atoms with Crippen LogP contribution in [0.2, 0.25) is 0 Å². The first-order chi connectivity index (χ1) is 16.2. The maximum atomic E-state index is 13.2. The van der Waals surface area contributed by atoms with E-state index in [1.54, 1.807) is 24.3 Å². The van der Waals surface area contributed by atoms with Crippen LogP contribution in [0.3, 0.4) is 0 Å². The van der Waals surface area contributed by atoms with E-state index < -0.39 is 17.9 Å². The molecule has 4 rings (SSSR count). The van der Waals surface area contributed by atoms with Gasteiger partial charge < -0.3 is 19.9 Å². The minimum Gasteiger partial charge on any atom is -0.465 e. The van der Waals surface area contributed by atoms with E-state index in [0.717, 1.165) is 5.56 Å². The molecule has 2 aromatic carbocycles. The molecule has 0 saturated carbocycles. The summed E-state index contributed by atoms with van der Waals surface area (Å²) >= 11 is 0. The molecule has 1 atom stereocenters. The van der Waals surface area contributed by atoms with Gasteiger partial charge in [-0.05, 0) is 28.7 Å². The van der Waals surface area contributed by atoms with E-state index in [4.69, 9.17) is 19.9 Å². The minimum atomic E-state index is -0.741. The van der Waals surface area contributed by atoms with Gasteiger partial charge in [-0.1, -0.05) is 56.3 Å². The van der Waals surface area contributed by atoms with Crippen LogP contribution < -0.4 is 5.73 Å². The van der Waals surface area contributed by atoms with Crippen molar-refractivity contribution in [2.45, 2.75) is 39.2 Å². The number of hydrogen-bond acceptors (Lipinski definition) is 7. The van der Waals surface area contributed by atoms with Crippen LogP contribution in [0.4, 0.5) is 0 Å². The highest BCUT2D eigenvalue weighted by atomic mass is 16.5. The highest BCUT2D eigenvalue weighted by Gasteiger charge is 2.44. The number of hydrogen-bond donors (Lipinski definition) is 1. The predicted molar refractivity (Wildman–Crippen MR) is 124 cm³/mol. The Kier molecular flexibility index (Phi) is 6.28. The third kappa shape index (κ3) is 4.59. The molecule has 1 heterocycles. The summed E-state index contributed by atoms with van der Waals surface area (Å²) in [5.74, 6) is -1.58. The normalized spacial score (nSPS) is 19.3. The maximum Gasteiger partial charge on any atom is 0.340 e. The summed E-state index contributed by atoms with van der Waals surface area (Å²) in [6, 6.07) is 16.0. The van der Waals surface area contributed by atoms with Crippen LogP contribution in [0.5, 0.6) is 0 Å². The second-order valence-electron chi connectivity index (χ2n) is 9.27. The van der Waals surface area contributed by atoms with Gasteiger partial charge in [0.05, 0.1) is 18.6 Å². The Bertz CT molecular complexity index is 1190. The van der Waals surface area contributed by atoms with Crippen molar-refractivity contribution in [1.29, 1.82) is 0 Å². The number of rotatable bonds is 5. The lowest BCUT2D eigenvalue weighted by Crippen LogP contribution is -2.35. The Hall–Kier alpha value is -3.87. The minimum absolute atomic E-state index is 0.0764. The molecular weight excluding hydrogens is 434 g/mol. The van der Waals surface area contributed by atoms with Crippen LogP contribution in [0, 0.1) is 5.41 Å². The summed E-state index contributed by atoms with van der Waals surface area (Å²) in [7, 11) is 1.25. The maximum absolute atomic E-state index is 13.2. The number of ketones is 1. The van der Waals surface area contributed by atoms with Gasteiger partial charge in [-0.3, -0.25) is 4.79 Å². The summed E-state index contributed by atoms with van der Waals surface area (Å²) in [5, 5.41) is 0. The molecule has 34 heavy (non-hydrogen) atoms. The SMILES string of the molecule is COC(=O)C1=C(N)OC2=C(C(=O)CC(C)(C)C2)[C@H]1c1ccc(C(=O)OCc2ccccc2)cc1. The average Bonchev–Trinajstić information content (AvgIpc) is 2.81. The fourth-order valence-electron chi connectivity index (χ4n) is 4.44. The van der Waals surface area contributed by atoms with E-state index in [1.165, 1.54) is 7.11 Å². The van der Waals surface area contributed by atoms with Gasteiger partial charge in [0.15, 0.2) is 5.78 Å². The van der Waals surface area contributed by atoms with Gasteiger partial charge in [-0.2, -0.15) is 0 Å². The van der Waals surface area contributed by atoms with Crippen LogP contribution in [-0.2, 0) is 30.4 Å². The Morgan fingerprint density at radius 2 is 1.71 bits per heavy atom. The smallest absolute Gasteiger partial charge is 0.340 e. The first-order valence-electron chi connectivity index (χ1n) is 11.0. The fraction of sp³-hybridized carbons (Fsp3) is 0.296.